The van der Waals surface area contributed by atoms with Crippen LogP contribution >= 0.6 is 12.6 Å². The second-order valence-corrected chi connectivity index (χ2v) is 5.91. The third-order valence-electron chi connectivity index (χ3n) is 2.90. The minimum absolute atomic E-state index is 0.0534. The van der Waals surface area contributed by atoms with Crippen LogP contribution in [0, 0.1) is 5.92 Å². The van der Waals surface area contributed by atoms with Gasteiger partial charge in [-0.1, -0.05) is 13.8 Å². The van der Waals surface area contributed by atoms with Crippen LogP contribution in [-0.4, -0.2) is 52.7 Å². The molecule has 9 nitrogen and oxygen atoms in total. The number of rotatable bonds is 10. The number of carbonyl (C=O) groups excluding carboxylic acids is 3. The first-order chi connectivity index (χ1) is 10.6. The highest BCUT2D eigenvalue weighted by atomic mass is 32.1. The van der Waals surface area contributed by atoms with E-state index < -0.39 is 41.8 Å². The van der Waals surface area contributed by atoms with Gasteiger partial charge >= 0.3 is 5.97 Å². The number of aliphatic carboxylic acids is 1. The molecule has 0 fully saturated rings. The maximum Gasteiger partial charge on any atom is 0.327 e. The Hall–Kier alpha value is -1.81. The third kappa shape index (κ3) is 8.41. The van der Waals surface area contributed by atoms with E-state index in [1.165, 1.54) is 0 Å². The molecular formula is C13H24N4O5S. The molecule has 0 aliphatic heterocycles. The van der Waals surface area contributed by atoms with Crippen LogP contribution in [0.1, 0.15) is 26.7 Å². The summed E-state index contributed by atoms with van der Waals surface area (Å²) in [4.78, 5) is 45.8. The SMILES string of the molecule is CC(C)C[C@H](NC(=O)[C@@H](N)CC(N)=O)C(=O)N[C@@H](CS)C(=O)O. The number of nitrogens with one attached hydrogen (secondary N) is 2. The van der Waals surface area contributed by atoms with Crippen LogP contribution in [0.3, 0.4) is 0 Å². The van der Waals surface area contributed by atoms with Crippen LogP contribution in [0.15, 0.2) is 0 Å². The molecule has 0 heterocycles. The van der Waals surface area contributed by atoms with Crippen LogP contribution in [-0.2, 0) is 19.2 Å². The maximum absolute atomic E-state index is 12.2. The summed E-state index contributed by atoms with van der Waals surface area (Å²) >= 11 is 3.85. The molecule has 0 bridgehead atoms. The number of amides is 3. The molecule has 0 aromatic heterocycles. The molecule has 132 valence electrons. The largest absolute Gasteiger partial charge is 0.480 e. The lowest BCUT2D eigenvalue weighted by atomic mass is 10.0. The Bertz CT molecular complexity index is 458. The van der Waals surface area contributed by atoms with Crippen molar-refractivity contribution in [2.24, 2.45) is 17.4 Å². The summed E-state index contributed by atoms with van der Waals surface area (Å²) in [5.74, 6) is -3.36. The summed E-state index contributed by atoms with van der Waals surface area (Å²) in [6.45, 7) is 3.67. The van der Waals surface area contributed by atoms with Gasteiger partial charge in [0.15, 0.2) is 0 Å². The highest BCUT2D eigenvalue weighted by Crippen LogP contribution is 2.06. The Morgan fingerprint density at radius 3 is 2.00 bits per heavy atom. The van der Waals surface area contributed by atoms with Crippen LogP contribution in [0.25, 0.3) is 0 Å². The summed E-state index contributed by atoms with van der Waals surface area (Å²) in [6, 6.07) is -3.31. The van der Waals surface area contributed by atoms with Gasteiger partial charge in [-0.3, -0.25) is 14.4 Å². The Kier molecular flexibility index (Phi) is 9.27. The molecule has 0 aliphatic carbocycles. The average Bonchev–Trinajstić information content (AvgIpc) is 2.41. The minimum atomic E-state index is -1.23. The van der Waals surface area contributed by atoms with E-state index >= 15 is 0 Å². The molecule has 0 aliphatic rings. The first kappa shape index (κ1) is 21.2. The fourth-order valence-corrected chi connectivity index (χ4v) is 2.00. The molecule has 0 rings (SSSR count). The first-order valence-corrected chi connectivity index (χ1v) is 7.70. The van der Waals surface area contributed by atoms with Crippen molar-refractivity contribution in [2.75, 3.05) is 5.75 Å². The van der Waals surface area contributed by atoms with Crippen molar-refractivity contribution < 1.29 is 24.3 Å². The predicted molar refractivity (Wildman–Crippen MR) is 86.6 cm³/mol. The molecule has 0 saturated heterocycles. The maximum atomic E-state index is 12.2. The topological polar surface area (TPSA) is 165 Å². The number of thiol groups is 1. The number of nitrogens with two attached hydrogens (primary N) is 2. The van der Waals surface area contributed by atoms with Crippen molar-refractivity contribution in [1.29, 1.82) is 0 Å². The van der Waals surface area contributed by atoms with Crippen molar-refractivity contribution in [2.45, 2.75) is 44.8 Å². The Morgan fingerprint density at radius 1 is 1.09 bits per heavy atom. The summed E-state index contributed by atoms with van der Waals surface area (Å²) in [6.07, 6.45) is -0.0734. The normalized spacial score (nSPS) is 14.7. The fourth-order valence-electron chi connectivity index (χ4n) is 1.75. The van der Waals surface area contributed by atoms with Crippen molar-refractivity contribution >= 4 is 36.3 Å². The van der Waals surface area contributed by atoms with Gasteiger partial charge in [0, 0.05) is 5.75 Å². The summed E-state index contributed by atoms with van der Waals surface area (Å²) in [5, 5.41) is 13.6. The Balaban J connectivity index is 4.92. The third-order valence-corrected chi connectivity index (χ3v) is 3.26. The molecule has 3 amide bonds. The molecule has 0 saturated carbocycles. The number of hydrogen-bond acceptors (Lipinski definition) is 6. The van der Waals surface area contributed by atoms with Crippen molar-refractivity contribution in [3.05, 3.63) is 0 Å². The van der Waals surface area contributed by atoms with Gasteiger partial charge in [0.1, 0.15) is 12.1 Å². The molecular weight excluding hydrogens is 324 g/mol. The summed E-state index contributed by atoms with van der Waals surface area (Å²) in [7, 11) is 0. The van der Waals surface area contributed by atoms with Gasteiger partial charge in [-0.2, -0.15) is 12.6 Å². The van der Waals surface area contributed by atoms with E-state index in [1.807, 2.05) is 13.8 Å². The number of carbonyl (C=O) groups is 4. The van der Waals surface area contributed by atoms with Gasteiger partial charge in [0.05, 0.1) is 12.5 Å². The number of hydrogen-bond donors (Lipinski definition) is 6. The lowest BCUT2D eigenvalue weighted by Crippen LogP contribution is -2.55. The second kappa shape index (κ2) is 10.1. The molecule has 0 spiro atoms. The Morgan fingerprint density at radius 2 is 1.61 bits per heavy atom. The van der Waals surface area contributed by atoms with Gasteiger partial charge in [0.2, 0.25) is 17.7 Å². The molecule has 3 atom stereocenters. The van der Waals surface area contributed by atoms with Crippen molar-refractivity contribution in [1.82, 2.24) is 10.6 Å². The number of carboxylic acid groups (broad SMARTS) is 1. The zero-order chi connectivity index (χ0) is 18.2. The minimum Gasteiger partial charge on any atom is -0.480 e. The lowest BCUT2D eigenvalue weighted by molar-refractivity contribution is -0.141. The first-order valence-electron chi connectivity index (χ1n) is 7.06. The lowest BCUT2D eigenvalue weighted by Gasteiger charge is -2.23. The molecule has 0 aromatic carbocycles. The molecule has 10 heteroatoms. The van der Waals surface area contributed by atoms with E-state index in [-0.39, 0.29) is 24.5 Å². The molecule has 0 radical (unpaired) electrons. The molecule has 7 N–H and O–H groups in total. The quantitative estimate of drug-likeness (QED) is 0.255. The molecule has 0 unspecified atom stereocenters. The van der Waals surface area contributed by atoms with Crippen molar-refractivity contribution in [3.8, 4) is 0 Å². The summed E-state index contributed by atoms with van der Waals surface area (Å²) in [5.41, 5.74) is 10.5. The summed E-state index contributed by atoms with van der Waals surface area (Å²) < 4.78 is 0. The predicted octanol–water partition coefficient (Wildman–Crippen LogP) is -1.78. The zero-order valence-corrected chi connectivity index (χ0v) is 14.0. The smallest absolute Gasteiger partial charge is 0.327 e. The van der Waals surface area contributed by atoms with Gasteiger partial charge in [0.25, 0.3) is 0 Å². The number of primary amides is 1. The molecule has 23 heavy (non-hydrogen) atoms. The highest BCUT2D eigenvalue weighted by Gasteiger charge is 2.28. The van der Waals surface area contributed by atoms with E-state index in [4.69, 9.17) is 16.6 Å². The van der Waals surface area contributed by atoms with E-state index in [0.717, 1.165) is 0 Å². The zero-order valence-electron chi connectivity index (χ0n) is 13.1. The van der Waals surface area contributed by atoms with Crippen LogP contribution in [0.4, 0.5) is 0 Å². The standard InChI is InChI=1S/C13H24N4O5S/c1-6(2)3-8(12(20)17-9(5-23)13(21)22)16-11(19)7(14)4-10(15)18/h6-9,23H,3-5,14H2,1-2H3,(H2,15,18)(H,16,19)(H,17,20)(H,21,22)/t7-,8-,9-/m0/s1. The highest BCUT2D eigenvalue weighted by molar-refractivity contribution is 7.80. The van der Waals surface area contributed by atoms with E-state index in [1.54, 1.807) is 0 Å². The van der Waals surface area contributed by atoms with Gasteiger partial charge in [-0.15, -0.1) is 0 Å². The monoisotopic (exact) mass is 348 g/mol. The van der Waals surface area contributed by atoms with E-state index in [0.29, 0.717) is 0 Å². The fraction of sp³-hybridized carbons (Fsp3) is 0.692. The van der Waals surface area contributed by atoms with Crippen LogP contribution < -0.4 is 22.1 Å². The average molecular weight is 348 g/mol. The Labute approximate surface area is 139 Å². The van der Waals surface area contributed by atoms with E-state index in [9.17, 15) is 19.2 Å². The van der Waals surface area contributed by atoms with Crippen LogP contribution in [0.2, 0.25) is 0 Å². The van der Waals surface area contributed by atoms with E-state index in [2.05, 4.69) is 23.3 Å². The van der Waals surface area contributed by atoms with Crippen molar-refractivity contribution in [3.63, 3.8) is 0 Å². The van der Waals surface area contributed by atoms with Gasteiger partial charge in [-0.05, 0) is 12.3 Å². The van der Waals surface area contributed by atoms with Gasteiger partial charge < -0.3 is 27.2 Å². The second-order valence-electron chi connectivity index (χ2n) is 5.55. The van der Waals surface area contributed by atoms with Crippen LogP contribution in [0.5, 0.6) is 0 Å². The van der Waals surface area contributed by atoms with Gasteiger partial charge in [-0.25, -0.2) is 4.79 Å². The number of carboxylic acids is 1. The molecule has 0 aromatic rings.